The van der Waals surface area contributed by atoms with E-state index in [1.165, 1.54) is 0 Å². The molecule has 0 fully saturated rings. The number of fused-ring (bicyclic) bond motifs is 3. The summed E-state index contributed by atoms with van der Waals surface area (Å²) in [5.74, 6) is 0.0708. The lowest BCUT2D eigenvalue weighted by Gasteiger charge is -2.16. The third-order valence-corrected chi connectivity index (χ3v) is 3.95. The second kappa shape index (κ2) is 5.41. The van der Waals surface area contributed by atoms with E-state index in [-0.39, 0.29) is 6.01 Å². The second-order valence-corrected chi connectivity index (χ2v) is 5.48. The lowest BCUT2D eigenvalue weighted by Crippen LogP contribution is -2.15. The molecule has 24 heavy (non-hydrogen) atoms. The third kappa shape index (κ3) is 2.28. The minimum atomic E-state index is -0.530. The van der Waals surface area contributed by atoms with Crippen molar-refractivity contribution in [3.8, 4) is 23.1 Å². The van der Waals surface area contributed by atoms with Crippen molar-refractivity contribution in [2.24, 2.45) is 12.8 Å². The van der Waals surface area contributed by atoms with Gasteiger partial charge in [0.1, 0.15) is 5.75 Å². The molecule has 8 nitrogen and oxygen atoms in total. The molecule has 0 unspecified atom stereocenters. The lowest BCUT2D eigenvalue weighted by molar-refractivity contribution is 0.0994. The first-order chi connectivity index (χ1) is 11.6. The van der Waals surface area contributed by atoms with Crippen LogP contribution in [0.5, 0.6) is 11.8 Å². The van der Waals surface area contributed by atoms with Crippen molar-refractivity contribution >= 4 is 5.91 Å². The van der Waals surface area contributed by atoms with Crippen molar-refractivity contribution in [2.75, 3.05) is 0 Å². The van der Waals surface area contributed by atoms with Gasteiger partial charge in [-0.1, -0.05) is 0 Å². The number of carbonyl (C=O) groups is 1. The van der Waals surface area contributed by atoms with E-state index in [9.17, 15) is 4.79 Å². The Hall–Kier alpha value is -3.29. The highest BCUT2D eigenvalue weighted by atomic mass is 16.5. The third-order valence-electron chi connectivity index (χ3n) is 3.95. The Morgan fingerprint density at radius 2 is 2.08 bits per heavy atom. The van der Waals surface area contributed by atoms with E-state index in [1.54, 1.807) is 42.5 Å². The smallest absolute Gasteiger partial charge is 0.322 e. The molecule has 120 valence electrons. The van der Waals surface area contributed by atoms with Gasteiger partial charge in [-0.05, 0) is 30.5 Å². The monoisotopic (exact) mass is 322 g/mol. The molecule has 2 N–H and O–H groups in total. The van der Waals surface area contributed by atoms with Crippen LogP contribution in [0.4, 0.5) is 0 Å². The zero-order chi connectivity index (χ0) is 16.7. The maximum Gasteiger partial charge on any atom is 0.322 e. The predicted molar refractivity (Wildman–Crippen MR) is 84.5 cm³/mol. The molecule has 0 spiro atoms. The van der Waals surface area contributed by atoms with Crippen molar-refractivity contribution in [3.63, 3.8) is 0 Å². The minimum absolute atomic E-state index is 0.231. The van der Waals surface area contributed by atoms with Crippen molar-refractivity contribution in [1.29, 1.82) is 0 Å². The molecular weight excluding hydrogens is 308 g/mol. The summed E-state index contributed by atoms with van der Waals surface area (Å²) >= 11 is 0. The molecule has 8 heteroatoms. The Labute approximate surface area is 137 Å². The molecule has 1 aliphatic carbocycles. The molecule has 0 atom stereocenters. The van der Waals surface area contributed by atoms with Crippen LogP contribution in [0, 0.1) is 0 Å². The van der Waals surface area contributed by atoms with E-state index in [4.69, 9.17) is 10.5 Å². The Morgan fingerprint density at radius 1 is 1.29 bits per heavy atom. The Bertz CT molecular complexity index is 935. The van der Waals surface area contributed by atoms with Gasteiger partial charge in [0.15, 0.2) is 5.69 Å². The largest absolute Gasteiger partial charge is 0.424 e. The number of pyridine rings is 1. The van der Waals surface area contributed by atoms with Crippen LogP contribution in [-0.2, 0) is 19.9 Å². The number of aromatic nitrogens is 5. The molecule has 0 saturated heterocycles. The van der Waals surface area contributed by atoms with Crippen LogP contribution in [0.15, 0.2) is 30.7 Å². The SMILES string of the molecule is Cn1nc(C(N)=O)c2c1-c1nc(Oc3ccncc3)ncc1CC2. The van der Waals surface area contributed by atoms with Crippen LogP contribution in [0.25, 0.3) is 11.4 Å². The van der Waals surface area contributed by atoms with Crippen LogP contribution in [0.3, 0.4) is 0 Å². The fraction of sp³-hybridized carbons (Fsp3) is 0.188. The summed E-state index contributed by atoms with van der Waals surface area (Å²) in [5.41, 5.74) is 9.04. The predicted octanol–water partition coefficient (Wildman–Crippen LogP) is 1.26. The van der Waals surface area contributed by atoms with Gasteiger partial charge in [0.2, 0.25) is 0 Å². The van der Waals surface area contributed by atoms with Gasteiger partial charge in [-0.2, -0.15) is 10.1 Å². The van der Waals surface area contributed by atoms with Crippen molar-refractivity contribution in [2.45, 2.75) is 12.8 Å². The van der Waals surface area contributed by atoms with Gasteiger partial charge in [0, 0.05) is 31.2 Å². The maximum atomic E-state index is 11.6. The van der Waals surface area contributed by atoms with Gasteiger partial charge in [-0.15, -0.1) is 0 Å². The quantitative estimate of drug-likeness (QED) is 0.777. The molecule has 4 rings (SSSR count). The molecule has 1 aliphatic rings. The summed E-state index contributed by atoms with van der Waals surface area (Å²) in [7, 11) is 1.77. The van der Waals surface area contributed by atoms with Gasteiger partial charge in [0.05, 0.1) is 11.4 Å². The molecule has 0 aromatic carbocycles. The Kier molecular flexibility index (Phi) is 3.23. The topological polar surface area (TPSA) is 109 Å². The summed E-state index contributed by atoms with van der Waals surface area (Å²) in [6.45, 7) is 0. The summed E-state index contributed by atoms with van der Waals surface area (Å²) in [6, 6.07) is 3.68. The number of primary amides is 1. The first-order valence-corrected chi connectivity index (χ1v) is 7.43. The normalized spacial score (nSPS) is 12.4. The van der Waals surface area contributed by atoms with E-state index in [1.807, 2.05) is 0 Å². The molecule has 0 radical (unpaired) electrons. The van der Waals surface area contributed by atoms with Gasteiger partial charge >= 0.3 is 6.01 Å². The number of carbonyl (C=O) groups excluding carboxylic acids is 1. The average Bonchev–Trinajstić information content (AvgIpc) is 2.93. The van der Waals surface area contributed by atoms with Crippen LogP contribution < -0.4 is 10.5 Å². The van der Waals surface area contributed by atoms with E-state index in [2.05, 4.69) is 20.1 Å². The van der Waals surface area contributed by atoms with Crippen molar-refractivity contribution in [3.05, 3.63) is 47.5 Å². The summed E-state index contributed by atoms with van der Waals surface area (Å²) in [5, 5.41) is 4.24. The molecular formula is C16H14N6O2. The number of amides is 1. The van der Waals surface area contributed by atoms with Crippen LogP contribution >= 0.6 is 0 Å². The number of nitrogens with zero attached hydrogens (tertiary/aromatic N) is 5. The maximum absolute atomic E-state index is 11.6. The minimum Gasteiger partial charge on any atom is -0.424 e. The molecule has 0 saturated carbocycles. The first-order valence-electron chi connectivity index (χ1n) is 7.43. The summed E-state index contributed by atoms with van der Waals surface area (Å²) < 4.78 is 7.31. The molecule has 1 amide bonds. The molecule has 3 aromatic heterocycles. The number of aryl methyl sites for hydroxylation is 2. The van der Waals surface area contributed by atoms with E-state index < -0.39 is 5.91 Å². The van der Waals surface area contributed by atoms with E-state index >= 15 is 0 Å². The molecule has 0 bridgehead atoms. The summed E-state index contributed by atoms with van der Waals surface area (Å²) in [6.07, 6.45) is 6.42. The Morgan fingerprint density at radius 3 is 2.83 bits per heavy atom. The number of hydrogen-bond donors (Lipinski definition) is 1. The van der Waals surface area contributed by atoms with Crippen LogP contribution in [0.2, 0.25) is 0 Å². The average molecular weight is 322 g/mol. The zero-order valence-electron chi connectivity index (χ0n) is 12.9. The molecule has 0 aliphatic heterocycles. The van der Waals surface area contributed by atoms with Crippen molar-refractivity contribution < 1.29 is 9.53 Å². The highest BCUT2D eigenvalue weighted by molar-refractivity contribution is 5.94. The first kappa shape index (κ1) is 14.3. The lowest BCUT2D eigenvalue weighted by atomic mass is 9.93. The van der Waals surface area contributed by atoms with Gasteiger partial charge in [-0.3, -0.25) is 14.5 Å². The van der Waals surface area contributed by atoms with Crippen LogP contribution in [0.1, 0.15) is 21.6 Å². The van der Waals surface area contributed by atoms with E-state index in [0.29, 0.717) is 17.9 Å². The Balaban J connectivity index is 1.79. The van der Waals surface area contributed by atoms with Crippen LogP contribution in [-0.4, -0.2) is 30.6 Å². The highest BCUT2D eigenvalue weighted by Gasteiger charge is 2.28. The van der Waals surface area contributed by atoms with Crippen molar-refractivity contribution in [1.82, 2.24) is 24.7 Å². The van der Waals surface area contributed by atoms with Gasteiger partial charge in [0.25, 0.3) is 5.91 Å². The number of rotatable bonds is 3. The fourth-order valence-corrected chi connectivity index (χ4v) is 2.90. The molecule has 3 aromatic rings. The molecule has 3 heterocycles. The van der Waals surface area contributed by atoms with E-state index in [0.717, 1.165) is 28.9 Å². The highest BCUT2D eigenvalue weighted by Crippen LogP contribution is 2.34. The fourth-order valence-electron chi connectivity index (χ4n) is 2.90. The second-order valence-electron chi connectivity index (χ2n) is 5.48. The standard InChI is InChI=1S/C16H14N6O2/c1-22-14-11(13(21-22)15(17)23)3-2-9-8-19-16(20-12(9)14)24-10-4-6-18-7-5-10/h4-8H,2-3H2,1H3,(H2,17,23). The number of ether oxygens (including phenoxy) is 1. The summed E-state index contributed by atoms with van der Waals surface area (Å²) in [4.78, 5) is 24.3. The number of nitrogens with two attached hydrogens (primary N) is 1. The van der Waals surface area contributed by atoms with Gasteiger partial charge < -0.3 is 10.5 Å². The zero-order valence-corrected chi connectivity index (χ0v) is 12.9. The van der Waals surface area contributed by atoms with Gasteiger partial charge in [-0.25, -0.2) is 4.98 Å². The number of hydrogen-bond acceptors (Lipinski definition) is 6.